The molecule has 0 aliphatic rings. The molecule has 0 aromatic heterocycles. The highest BCUT2D eigenvalue weighted by Gasteiger charge is 2.05. The second-order valence-corrected chi connectivity index (χ2v) is 6.85. The van der Waals surface area contributed by atoms with Gasteiger partial charge in [0, 0.05) is 10.9 Å². The van der Waals surface area contributed by atoms with E-state index in [-0.39, 0.29) is 0 Å². The number of rotatable bonds is 13. The van der Waals surface area contributed by atoms with E-state index in [2.05, 4.69) is 6.92 Å². The van der Waals surface area contributed by atoms with E-state index in [1.54, 1.807) is 0 Å². The number of carbonyl (C=O) groups excluding carboxylic acids is 1. The van der Waals surface area contributed by atoms with Crippen LogP contribution in [0, 0.1) is 0 Å². The van der Waals surface area contributed by atoms with Crippen LogP contribution in [0.3, 0.4) is 0 Å². The molecule has 2 rings (SSSR count). The normalized spacial score (nSPS) is 10.9. The Morgan fingerprint density at radius 3 is 2.00 bits per heavy atom. The first-order chi connectivity index (χ1) is 12.4. The van der Waals surface area contributed by atoms with E-state index in [1.165, 1.54) is 57.8 Å². The molecule has 0 aliphatic carbocycles. The van der Waals surface area contributed by atoms with Crippen molar-refractivity contribution in [1.29, 1.82) is 0 Å². The minimum Gasteiger partial charge on any atom is -0.493 e. The number of aldehydes is 1. The van der Waals surface area contributed by atoms with Crippen molar-refractivity contribution < 1.29 is 9.53 Å². The predicted octanol–water partition coefficient (Wildman–Crippen LogP) is 6.95. The van der Waals surface area contributed by atoms with Gasteiger partial charge in [-0.3, -0.25) is 4.79 Å². The number of hydrogen-bond acceptors (Lipinski definition) is 2. The van der Waals surface area contributed by atoms with Crippen molar-refractivity contribution in [3.8, 4) is 5.75 Å². The molecule has 136 valence electrons. The molecular formula is C23H32O2. The number of carbonyl (C=O) groups is 1. The topological polar surface area (TPSA) is 26.3 Å². The van der Waals surface area contributed by atoms with Gasteiger partial charge in [0.2, 0.25) is 0 Å². The number of unbranched alkanes of at least 4 members (excludes halogenated alkanes) is 9. The summed E-state index contributed by atoms with van der Waals surface area (Å²) in [7, 11) is 0. The van der Waals surface area contributed by atoms with Crippen LogP contribution in [0.2, 0.25) is 0 Å². The van der Waals surface area contributed by atoms with Gasteiger partial charge in [0.25, 0.3) is 0 Å². The van der Waals surface area contributed by atoms with Crippen molar-refractivity contribution in [3.63, 3.8) is 0 Å². The second-order valence-electron chi connectivity index (χ2n) is 6.85. The van der Waals surface area contributed by atoms with Gasteiger partial charge in [-0.15, -0.1) is 0 Å². The van der Waals surface area contributed by atoms with E-state index in [9.17, 15) is 4.79 Å². The van der Waals surface area contributed by atoms with E-state index >= 15 is 0 Å². The maximum absolute atomic E-state index is 11.2. The van der Waals surface area contributed by atoms with Gasteiger partial charge in [-0.2, -0.15) is 0 Å². The lowest BCUT2D eigenvalue weighted by molar-refractivity contribution is 0.112. The first-order valence-corrected chi connectivity index (χ1v) is 9.96. The number of fused-ring (bicyclic) bond motifs is 1. The molecule has 0 fully saturated rings. The lowest BCUT2D eigenvalue weighted by Gasteiger charge is -2.10. The molecule has 0 unspecified atom stereocenters. The van der Waals surface area contributed by atoms with Crippen molar-refractivity contribution in [3.05, 3.63) is 42.0 Å². The fourth-order valence-corrected chi connectivity index (χ4v) is 3.29. The minimum absolute atomic E-state index is 0.724. The molecule has 0 bridgehead atoms. The summed E-state index contributed by atoms with van der Waals surface area (Å²) in [6.45, 7) is 3.02. The average Bonchev–Trinajstić information content (AvgIpc) is 2.66. The molecule has 2 heteroatoms. The molecule has 0 N–H and O–H groups in total. The molecule has 0 radical (unpaired) electrons. The predicted molar refractivity (Wildman–Crippen MR) is 107 cm³/mol. The third-order valence-electron chi connectivity index (χ3n) is 4.80. The van der Waals surface area contributed by atoms with Crippen molar-refractivity contribution >= 4 is 17.1 Å². The Bertz CT molecular complexity index is 633. The Hall–Kier alpha value is -1.83. The standard InChI is InChI=1S/C23H32O2/c1-2-3-4-5-6-7-8-9-10-13-18-25-23-17-16-20(19-24)21-14-11-12-15-22(21)23/h11-12,14-17,19H,2-10,13,18H2,1H3. The van der Waals surface area contributed by atoms with Crippen LogP contribution < -0.4 is 4.74 Å². The highest BCUT2D eigenvalue weighted by Crippen LogP contribution is 2.28. The van der Waals surface area contributed by atoms with Crippen molar-refractivity contribution in [2.75, 3.05) is 6.61 Å². The highest BCUT2D eigenvalue weighted by atomic mass is 16.5. The van der Waals surface area contributed by atoms with Crippen LogP contribution in [-0.4, -0.2) is 12.9 Å². The molecule has 0 heterocycles. The molecular weight excluding hydrogens is 308 g/mol. The molecule has 2 nitrogen and oxygen atoms in total. The van der Waals surface area contributed by atoms with Gasteiger partial charge < -0.3 is 4.74 Å². The van der Waals surface area contributed by atoms with E-state index in [1.807, 2.05) is 36.4 Å². The number of hydrogen-bond donors (Lipinski definition) is 0. The summed E-state index contributed by atoms with van der Waals surface area (Å²) >= 11 is 0. The number of benzene rings is 2. The van der Waals surface area contributed by atoms with E-state index in [0.717, 1.165) is 41.4 Å². The van der Waals surface area contributed by atoms with Crippen LogP contribution >= 0.6 is 0 Å². The summed E-state index contributed by atoms with van der Waals surface area (Å²) in [5.74, 6) is 0.886. The number of ether oxygens (including phenoxy) is 1. The Kier molecular flexibility index (Phi) is 9.11. The summed E-state index contributed by atoms with van der Waals surface area (Å²) in [5, 5.41) is 2.00. The van der Waals surface area contributed by atoms with Gasteiger partial charge >= 0.3 is 0 Å². The fraction of sp³-hybridized carbons (Fsp3) is 0.522. The molecule has 0 amide bonds. The van der Waals surface area contributed by atoms with Gasteiger partial charge in [-0.25, -0.2) is 0 Å². The van der Waals surface area contributed by atoms with Gasteiger partial charge in [0.1, 0.15) is 5.75 Å². The van der Waals surface area contributed by atoms with E-state index in [0.29, 0.717) is 0 Å². The van der Waals surface area contributed by atoms with Gasteiger partial charge in [0.05, 0.1) is 6.61 Å². The van der Waals surface area contributed by atoms with Crippen LogP contribution in [0.15, 0.2) is 36.4 Å². The van der Waals surface area contributed by atoms with Gasteiger partial charge in [0.15, 0.2) is 6.29 Å². The lowest BCUT2D eigenvalue weighted by atomic mass is 10.0. The molecule has 2 aromatic carbocycles. The minimum atomic E-state index is 0.724. The van der Waals surface area contributed by atoms with Gasteiger partial charge in [-0.05, 0) is 23.9 Å². The quantitative estimate of drug-likeness (QED) is 0.291. The SMILES string of the molecule is CCCCCCCCCCCCOc1ccc(C=O)c2ccccc12. The van der Waals surface area contributed by atoms with Crippen LogP contribution in [0.5, 0.6) is 5.75 Å². The Morgan fingerprint density at radius 2 is 1.36 bits per heavy atom. The highest BCUT2D eigenvalue weighted by molar-refractivity contribution is 6.00. The fourth-order valence-electron chi connectivity index (χ4n) is 3.29. The van der Waals surface area contributed by atoms with Crippen molar-refractivity contribution in [2.45, 2.75) is 71.1 Å². The summed E-state index contributed by atoms with van der Waals surface area (Å²) in [6.07, 6.45) is 14.2. The Balaban J connectivity index is 1.64. The summed E-state index contributed by atoms with van der Waals surface area (Å²) in [4.78, 5) is 11.2. The summed E-state index contributed by atoms with van der Waals surface area (Å²) in [6, 6.07) is 11.7. The van der Waals surface area contributed by atoms with Crippen molar-refractivity contribution in [2.24, 2.45) is 0 Å². The molecule has 2 aromatic rings. The van der Waals surface area contributed by atoms with Crippen molar-refractivity contribution in [1.82, 2.24) is 0 Å². The zero-order chi connectivity index (χ0) is 17.7. The third-order valence-corrected chi connectivity index (χ3v) is 4.80. The molecule has 0 saturated carbocycles. The molecule has 25 heavy (non-hydrogen) atoms. The van der Waals surface area contributed by atoms with Crippen LogP contribution in [0.25, 0.3) is 10.8 Å². The van der Waals surface area contributed by atoms with E-state index in [4.69, 9.17) is 4.74 Å². The van der Waals surface area contributed by atoms with Crippen LogP contribution in [-0.2, 0) is 0 Å². The zero-order valence-electron chi connectivity index (χ0n) is 15.6. The maximum Gasteiger partial charge on any atom is 0.150 e. The van der Waals surface area contributed by atoms with E-state index < -0.39 is 0 Å². The smallest absolute Gasteiger partial charge is 0.150 e. The Morgan fingerprint density at radius 1 is 0.760 bits per heavy atom. The largest absolute Gasteiger partial charge is 0.493 e. The van der Waals surface area contributed by atoms with Crippen LogP contribution in [0.4, 0.5) is 0 Å². The molecule has 0 spiro atoms. The lowest BCUT2D eigenvalue weighted by Crippen LogP contribution is -1.98. The Labute approximate surface area is 152 Å². The van der Waals surface area contributed by atoms with Gasteiger partial charge in [-0.1, -0.05) is 89.0 Å². The average molecular weight is 341 g/mol. The first-order valence-electron chi connectivity index (χ1n) is 9.96. The zero-order valence-corrected chi connectivity index (χ0v) is 15.6. The van der Waals surface area contributed by atoms with Crippen LogP contribution in [0.1, 0.15) is 81.5 Å². The monoisotopic (exact) mass is 340 g/mol. The summed E-state index contributed by atoms with van der Waals surface area (Å²) < 4.78 is 5.97. The molecule has 0 atom stereocenters. The summed E-state index contributed by atoms with van der Waals surface area (Å²) in [5.41, 5.74) is 0.724. The maximum atomic E-state index is 11.2. The third kappa shape index (κ3) is 6.53. The molecule has 0 saturated heterocycles. The first kappa shape index (κ1) is 19.5. The molecule has 0 aliphatic heterocycles. The second kappa shape index (κ2) is 11.7.